The van der Waals surface area contributed by atoms with E-state index in [1.807, 2.05) is 13.8 Å². The monoisotopic (exact) mass is 293 g/mol. The van der Waals surface area contributed by atoms with Crippen molar-refractivity contribution in [2.75, 3.05) is 26.3 Å². The average Bonchev–Trinajstić information content (AvgIpc) is 2.48. The van der Waals surface area contributed by atoms with Crippen LogP contribution in [0.3, 0.4) is 0 Å². The van der Waals surface area contributed by atoms with Crippen LogP contribution in [0.1, 0.15) is 37.0 Å². The molecule has 1 aromatic rings. The molecule has 1 heterocycles. The first kappa shape index (κ1) is 15.6. The van der Waals surface area contributed by atoms with E-state index in [-0.39, 0.29) is 12.0 Å². The van der Waals surface area contributed by atoms with Gasteiger partial charge in [-0.1, -0.05) is 0 Å². The molecule has 2 rings (SSSR count). The fourth-order valence-electron chi connectivity index (χ4n) is 2.45. The van der Waals surface area contributed by atoms with Crippen molar-refractivity contribution in [1.29, 1.82) is 0 Å². The van der Waals surface area contributed by atoms with Crippen LogP contribution in [0, 0.1) is 0 Å². The average molecular weight is 293 g/mol. The molecule has 0 atom stereocenters. The minimum absolute atomic E-state index is 0.0376. The summed E-state index contributed by atoms with van der Waals surface area (Å²) in [6, 6.07) is 5.29. The number of aliphatic hydroxyl groups is 1. The second kappa shape index (κ2) is 7.31. The second-order valence-corrected chi connectivity index (χ2v) is 5.08. The Morgan fingerprint density at radius 1 is 1.14 bits per heavy atom. The smallest absolute Gasteiger partial charge is 0.254 e. The fraction of sp³-hybridized carbons (Fsp3) is 0.562. The first-order chi connectivity index (χ1) is 10.1. The Balaban J connectivity index is 2.18. The van der Waals surface area contributed by atoms with Crippen molar-refractivity contribution in [2.24, 2.45) is 0 Å². The van der Waals surface area contributed by atoms with Crippen LogP contribution >= 0.6 is 0 Å². The van der Waals surface area contributed by atoms with Crippen molar-refractivity contribution in [1.82, 2.24) is 4.90 Å². The maximum absolute atomic E-state index is 12.6. The van der Waals surface area contributed by atoms with Crippen molar-refractivity contribution in [3.8, 4) is 11.5 Å². The summed E-state index contributed by atoms with van der Waals surface area (Å²) >= 11 is 0. The number of carbonyl (C=O) groups excluding carboxylic acids is 1. The van der Waals surface area contributed by atoms with Crippen molar-refractivity contribution >= 4 is 5.91 Å². The van der Waals surface area contributed by atoms with Gasteiger partial charge in [-0.3, -0.25) is 4.79 Å². The van der Waals surface area contributed by atoms with Crippen LogP contribution in [0.2, 0.25) is 0 Å². The summed E-state index contributed by atoms with van der Waals surface area (Å²) in [7, 11) is 0. The quantitative estimate of drug-likeness (QED) is 0.903. The predicted octanol–water partition coefficient (Wildman–Crippen LogP) is 2.08. The molecule has 1 aliphatic rings. The van der Waals surface area contributed by atoms with Gasteiger partial charge in [0.05, 0.1) is 19.3 Å². The predicted molar refractivity (Wildman–Crippen MR) is 79.9 cm³/mol. The zero-order valence-corrected chi connectivity index (χ0v) is 12.7. The number of hydrogen-bond acceptors (Lipinski definition) is 4. The fourth-order valence-corrected chi connectivity index (χ4v) is 2.45. The lowest BCUT2D eigenvalue weighted by Crippen LogP contribution is -2.40. The van der Waals surface area contributed by atoms with Gasteiger partial charge in [0.2, 0.25) is 0 Å². The Bertz CT molecular complexity index is 457. The van der Waals surface area contributed by atoms with Gasteiger partial charge in [0.25, 0.3) is 5.91 Å². The maximum Gasteiger partial charge on any atom is 0.254 e. The van der Waals surface area contributed by atoms with Gasteiger partial charge >= 0.3 is 0 Å². The number of likely N-dealkylation sites (tertiary alicyclic amines) is 1. The molecule has 116 valence electrons. The van der Waals surface area contributed by atoms with E-state index in [4.69, 9.17) is 9.47 Å². The summed E-state index contributed by atoms with van der Waals surface area (Å²) in [5.74, 6) is 1.25. The molecule has 1 fully saturated rings. The number of piperidine rings is 1. The van der Waals surface area contributed by atoms with Gasteiger partial charge in [-0.25, -0.2) is 0 Å². The lowest BCUT2D eigenvalue weighted by Gasteiger charge is -2.29. The SMILES string of the molecule is CCOc1cc(OCC)cc(C(=O)N2CCC(O)CC2)c1. The third kappa shape index (κ3) is 4.11. The van der Waals surface area contributed by atoms with E-state index in [2.05, 4.69) is 0 Å². The molecule has 5 nitrogen and oxygen atoms in total. The summed E-state index contributed by atoms with van der Waals surface area (Å²) in [6.45, 7) is 6.06. The zero-order chi connectivity index (χ0) is 15.2. The van der Waals surface area contributed by atoms with E-state index < -0.39 is 0 Å². The first-order valence-corrected chi connectivity index (χ1v) is 7.52. The molecule has 1 saturated heterocycles. The molecular formula is C16H23NO4. The number of rotatable bonds is 5. The van der Waals surface area contributed by atoms with E-state index >= 15 is 0 Å². The van der Waals surface area contributed by atoms with Crippen LogP contribution in [0.15, 0.2) is 18.2 Å². The highest BCUT2D eigenvalue weighted by Crippen LogP contribution is 2.25. The van der Waals surface area contributed by atoms with Crippen LogP contribution < -0.4 is 9.47 Å². The zero-order valence-electron chi connectivity index (χ0n) is 12.7. The Morgan fingerprint density at radius 3 is 2.14 bits per heavy atom. The third-order valence-corrected chi connectivity index (χ3v) is 3.50. The molecule has 0 radical (unpaired) electrons. The number of hydrogen-bond donors (Lipinski definition) is 1. The van der Waals surface area contributed by atoms with Gasteiger partial charge in [0.15, 0.2) is 0 Å². The molecule has 1 amide bonds. The molecule has 0 saturated carbocycles. The van der Waals surface area contributed by atoms with Crippen molar-refractivity contribution in [2.45, 2.75) is 32.8 Å². The standard InChI is InChI=1S/C16H23NO4/c1-3-20-14-9-12(10-15(11-14)21-4-2)16(19)17-7-5-13(18)6-8-17/h9-11,13,18H,3-8H2,1-2H3. The Morgan fingerprint density at radius 2 is 1.67 bits per heavy atom. The first-order valence-electron chi connectivity index (χ1n) is 7.52. The molecular weight excluding hydrogens is 270 g/mol. The van der Waals surface area contributed by atoms with Crippen LogP contribution in [-0.4, -0.2) is 48.3 Å². The number of benzene rings is 1. The minimum atomic E-state index is -0.289. The van der Waals surface area contributed by atoms with Gasteiger partial charge < -0.3 is 19.5 Å². The van der Waals surface area contributed by atoms with Gasteiger partial charge in [-0.2, -0.15) is 0 Å². The number of carbonyl (C=O) groups is 1. The highest BCUT2D eigenvalue weighted by molar-refractivity contribution is 5.95. The van der Waals surface area contributed by atoms with E-state index in [1.165, 1.54) is 0 Å². The molecule has 21 heavy (non-hydrogen) atoms. The van der Waals surface area contributed by atoms with Gasteiger partial charge in [-0.15, -0.1) is 0 Å². The molecule has 1 aliphatic heterocycles. The summed E-state index contributed by atoms with van der Waals surface area (Å²) in [6.07, 6.45) is 0.979. The van der Waals surface area contributed by atoms with Gasteiger partial charge in [-0.05, 0) is 38.8 Å². The Labute approximate surface area is 125 Å². The molecule has 0 spiro atoms. The summed E-state index contributed by atoms with van der Waals surface area (Å²) in [5.41, 5.74) is 0.570. The lowest BCUT2D eigenvalue weighted by molar-refractivity contribution is 0.0545. The van der Waals surface area contributed by atoms with E-state index in [1.54, 1.807) is 23.1 Å². The normalized spacial score (nSPS) is 15.9. The van der Waals surface area contributed by atoms with Crippen molar-refractivity contribution in [3.63, 3.8) is 0 Å². The Kier molecular flexibility index (Phi) is 5.44. The van der Waals surface area contributed by atoms with Crippen LogP contribution in [0.25, 0.3) is 0 Å². The Hall–Kier alpha value is -1.75. The lowest BCUT2D eigenvalue weighted by atomic mass is 10.1. The highest BCUT2D eigenvalue weighted by Gasteiger charge is 2.23. The van der Waals surface area contributed by atoms with Crippen molar-refractivity contribution < 1.29 is 19.4 Å². The third-order valence-electron chi connectivity index (χ3n) is 3.50. The minimum Gasteiger partial charge on any atom is -0.494 e. The maximum atomic E-state index is 12.6. The van der Waals surface area contributed by atoms with Crippen LogP contribution in [0.4, 0.5) is 0 Å². The molecule has 0 bridgehead atoms. The number of nitrogens with zero attached hydrogens (tertiary/aromatic N) is 1. The molecule has 5 heteroatoms. The van der Waals surface area contributed by atoms with Gasteiger partial charge in [0.1, 0.15) is 11.5 Å². The molecule has 0 aromatic heterocycles. The number of amides is 1. The molecule has 1 N–H and O–H groups in total. The topological polar surface area (TPSA) is 59.0 Å². The summed E-state index contributed by atoms with van der Waals surface area (Å²) < 4.78 is 11.0. The number of ether oxygens (including phenoxy) is 2. The van der Waals surface area contributed by atoms with E-state index in [0.29, 0.717) is 56.2 Å². The number of aliphatic hydroxyl groups excluding tert-OH is 1. The van der Waals surface area contributed by atoms with Crippen molar-refractivity contribution in [3.05, 3.63) is 23.8 Å². The van der Waals surface area contributed by atoms with Crippen LogP contribution in [0.5, 0.6) is 11.5 Å². The second-order valence-electron chi connectivity index (χ2n) is 5.08. The summed E-state index contributed by atoms with van der Waals surface area (Å²) in [4.78, 5) is 14.3. The van der Waals surface area contributed by atoms with E-state index in [9.17, 15) is 9.90 Å². The van der Waals surface area contributed by atoms with Gasteiger partial charge in [0, 0.05) is 24.7 Å². The van der Waals surface area contributed by atoms with Crippen LogP contribution in [-0.2, 0) is 0 Å². The molecule has 1 aromatic carbocycles. The molecule has 0 unspecified atom stereocenters. The summed E-state index contributed by atoms with van der Waals surface area (Å²) in [5, 5.41) is 9.53. The largest absolute Gasteiger partial charge is 0.494 e. The molecule has 0 aliphatic carbocycles. The van der Waals surface area contributed by atoms with E-state index in [0.717, 1.165) is 0 Å². The highest BCUT2D eigenvalue weighted by atomic mass is 16.5.